The number of nitrogens with one attached hydrogen (secondary N) is 1. The Hall–Kier alpha value is -1.83. The fourth-order valence-electron chi connectivity index (χ4n) is 1.95. The molecule has 1 fully saturated rings. The van der Waals surface area contributed by atoms with Gasteiger partial charge in [-0.25, -0.2) is 0 Å². The Bertz CT molecular complexity index is 522. The van der Waals surface area contributed by atoms with Crippen molar-refractivity contribution in [3.05, 3.63) is 34.9 Å². The van der Waals surface area contributed by atoms with Crippen LogP contribution in [0.4, 0.5) is 0 Å². The van der Waals surface area contributed by atoms with Gasteiger partial charge in [0.05, 0.1) is 12.6 Å². The summed E-state index contributed by atoms with van der Waals surface area (Å²) in [5.41, 5.74) is 2.34. The van der Waals surface area contributed by atoms with E-state index in [0.717, 1.165) is 17.5 Å². The third-order valence-electron chi connectivity index (χ3n) is 3.07. The molecule has 100 valence electrons. The summed E-state index contributed by atoms with van der Waals surface area (Å²) >= 11 is 0. The minimum Gasteiger partial charge on any atom is -0.384 e. The number of carbonyl (C=O) groups excluding carboxylic acids is 1. The Morgan fingerprint density at radius 3 is 3.11 bits per heavy atom. The summed E-state index contributed by atoms with van der Waals surface area (Å²) in [7, 11) is 0. The van der Waals surface area contributed by atoms with E-state index < -0.39 is 0 Å². The number of hydrogen-bond donors (Lipinski definition) is 2. The van der Waals surface area contributed by atoms with Gasteiger partial charge in [-0.15, -0.1) is 0 Å². The highest BCUT2D eigenvalue weighted by Gasteiger charge is 2.18. The fraction of sp³-hybridized carbons (Fsp3) is 0.400. The van der Waals surface area contributed by atoms with Crippen LogP contribution in [0.3, 0.4) is 0 Å². The van der Waals surface area contributed by atoms with E-state index in [4.69, 9.17) is 9.84 Å². The van der Waals surface area contributed by atoms with Gasteiger partial charge < -0.3 is 15.2 Å². The Morgan fingerprint density at radius 2 is 2.42 bits per heavy atom. The molecule has 1 aliphatic heterocycles. The smallest absolute Gasteiger partial charge is 0.251 e. The van der Waals surface area contributed by atoms with Gasteiger partial charge in [-0.05, 0) is 31.0 Å². The maximum Gasteiger partial charge on any atom is 0.251 e. The first-order valence-electron chi connectivity index (χ1n) is 6.29. The third kappa shape index (κ3) is 3.57. The van der Waals surface area contributed by atoms with Crippen molar-refractivity contribution in [2.75, 3.05) is 19.8 Å². The summed E-state index contributed by atoms with van der Waals surface area (Å²) in [6.07, 6.45) is 0.856. The summed E-state index contributed by atoms with van der Waals surface area (Å²) in [5.74, 6) is 5.34. The second-order valence-electron chi connectivity index (χ2n) is 4.52. The molecule has 4 heteroatoms. The summed E-state index contributed by atoms with van der Waals surface area (Å²) in [6, 6.07) is 5.50. The van der Waals surface area contributed by atoms with E-state index >= 15 is 0 Å². The lowest BCUT2D eigenvalue weighted by Gasteiger charge is -2.11. The molecule has 0 aromatic heterocycles. The Morgan fingerprint density at radius 1 is 1.58 bits per heavy atom. The highest BCUT2D eigenvalue weighted by atomic mass is 16.5. The van der Waals surface area contributed by atoms with Gasteiger partial charge in [0.25, 0.3) is 5.91 Å². The van der Waals surface area contributed by atoms with E-state index in [1.807, 2.05) is 13.0 Å². The predicted octanol–water partition coefficient (Wildman–Crippen LogP) is 0.858. The van der Waals surface area contributed by atoms with Gasteiger partial charge in [-0.1, -0.05) is 17.9 Å². The largest absolute Gasteiger partial charge is 0.384 e. The summed E-state index contributed by atoms with van der Waals surface area (Å²) in [4.78, 5) is 12.1. The molecule has 0 aliphatic carbocycles. The minimum absolute atomic E-state index is 0.0979. The van der Waals surface area contributed by atoms with Crippen LogP contribution in [-0.4, -0.2) is 36.9 Å². The molecule has 1 saturated heterocycles. The van der Waals surface area contributed by atoms with Crippen molar-refractivity contribution >= 4 is 5.91 Å². The van der Waals surface area contributed by atoms with Gasteiger partial charge in [0.1, 0.15) is 6.61 Å². The van der Waals surface area contributed by atoms with Gasteiger partial charge in [0.2, 0.25) is 0 Å². The monoisotopic (exact) mass is 259 g/mol. The first-order chi connectivity index (χ1) is 9.20. The molecule has 2 N–H and O–H groups in total. The van der Waals surface area contributed by atoms with E-state index in [1.165, 1.54) is 0 Å². The zero-order chi connectivity index (χ0) is 13.7. The van der Waals surface area contributed by atoms with Gasteiger partial charge in [0.15, 0.2) is 0 Å². The van der Waals surface area contributed by atoms with E-state index in [1.54, 1.807) is 12.1 Å². The zero-order valence-electron chi connectivity index (χ0n) is 10.9. The molecule has 4 nitrogen and oxygen atoms in total. The topological polar surface area (TPSA) is 58.6 Å². The lowest BCUT2D eigenvalue weighted by molar-refractivity contribution is 0.0930. The molecule has 1 heterocycles. The normalized spacial score (nSPS) is 17.7. The van der Waals surface area contributed by atoms with Crippen molar-refractivity contribution in [2.24, 2.45) is 0 Å². The second kappa shape index (κ2) is 6.37. The zero-order valence-corrected chi connectivity index (χ0v) is 10.9. The third-order valence-corrected chi connectivity index (χ3v) is 3.07. The molecule has 2 rings (SSSR count). The first-order valence-corrected chi connectivity index (χ1v) is 6.29. The molecule has 0 spiro atoms. The minimum atomic E-state index is -0.185. The fourth-order valence-corrected chi connectivity index (χ4v) is 1.95. The molecular weight excluding hydrogens is 242 g/mol. The number of aliphatic hydroxyl groups excluding tert-OH is 1. The number of benzene rings is 1. The van der Waals surface area contributed by atoms with Crippen molar-refractivity contribution in [3.8, 4) is 11.8 Å². The summed E-state index contributed by atoms with van der Waals surface area (Å²) < 4.78 is 5.22. The van der Waals surface area contributed by atoms with Crippen molar-refractivity contribution in [3.63, 3.8) is 0 Å². The molecule has 1 amide bonds. The van der Waals surface area contributed by atoms with Crippen LogP contribution in [0, 0.1) is 18.8 Å². The van der Waals surface area contributed by atoms with E-state index in [-0.39, 0.29) is 18.6 Å². The first kappa shape index (κ1) is 13.6. The quantitative estimate of drug-likeness (QED) is 0.774. The number of rotatable bonds is 2. The standard InChI is InChI=1S/C15H17NO3/c1-11-4-5-13(9-12(11)3-2-7-17)15(18)16-14-6-8-19-10-14/h4-5,9,14,17H,6-8,10H2,1H3,(H,16,18). The van der Waals surface area contributed by atoms with Gasteiger partial charge in [-0.2, -0.15) is 0 Å². The number of aryl methyl sites for hydroxylation is 1. The summed E-state index contributed by atoms with van der Waals surface area (Å²) in [6.45, 7) is 3.02. The molecule has 19 heavy (non-hydrogen) atoms. The van der Waals surface area contributed by atoms with E-state index in [0.29, 0.717) is 18.8 Å². The van der Waals surface area contributed by atoms with E-state index in [9.17, 15) is 4.79 Å². The molecule has 1 atom stereocenters. The number of amides is 1. The average molecular weight is 259 g/mol. The Labute approximate surface area is 112 Å². The molecule has 0 radical (unpaired) electrons. The number of aliphatic hydroxyl groups is 1. The number of hydrogen-bond acceptors (Lipinski definition) is 3. The molecule has 1 unspecified atom stereocenters. The van der Waals surface area contributed by atoms with Gasteiger partial charge >= 0.3 is 0 Å². The number of ether oxygens (including phenoxy) is 1. The van der Waals surface area contributed by atoms with Crippen molar-refractivity contribution < 1.29 is 14.6 Å². The second-order valence-corrected chi connectivity index (χ2v) is 4.52. The van der Waals surface area contributed by atoms with Crippen LogP contribution < -0.4 is 5.32 Å². The van der Waals surface area contributed by atoms with Crippen molar-refractivity contribution in [1.82, 2.24) is 5.32 Å². The van der Waals surface area contributed by atoms with Crippen LogP contribution in [0.5, 0.6) is 0 Å². The van der Waals surface area contributed by atoms with Gasteiger partial charge in [-0.3, -0.25) is 4.79 Å². The molecule has 0 bridgehead atoms. The maximum absolute atomic E-state index is 12.1. The highest BCUT2D eigenvalue weighted by molar-refractivity contribution is 5.94. The van der Waals surface area contributed by atoms with Crippen LogP contribution in [0.15, 0.2) is 18.2 Å². The van der Waals surface area contributed by atoms with Gasteiger partial charge in [0, 0.05) is 17.7 Å². The summed E-state index contributed by atoms with van der Waals surface area (Å²) in [5, 5.41) is 11.7. The van der Waals surface area contributed by atoms with E-state index in [2.05, 4.69) is 17.2 Å². The Kier molecular flexibility index (Phi) is 4.56. The maximum atomic E-state index is 12.1. The molecular formula is C15H17NO3. The lowest BCUT2D eigenvalue weighted by atomic mass is 10.0. The highest BCUT2D eigenvalue weighted by Crippen LogP contribution is 2.11. The van der Waals surface area contributed by atoms with Crippen LogP contribution in [-0.2, 0) is 4.74 Å². The van der Waals surface area contributed by atoms with Crippen molar-refractivity contribution in [1.29, 1.82) is 0 Å². The molecule has 1 aromatic carbocycles. The molecule has 1 aromatic rings. The lowest BCUT2D eigenvalue weighted by Crippen LogP contribution is -2.35. The van der Waals surface area contributed by atoms with Crippen LogP contribution in [0.2, 0.25) is 0 Å². The van der Waals surface area contributed by atoms with Crippen molar-refractivity contribution in [2.45, 2.75) is 19.4 Å². The predicted molar refractivity (Wildman–Crippen MR) is 71.8 cm³/mol. The van der Waals surface area contributed by atoms with Crippen LogP contribution in [0.25, 0.3) is 0 Å². The molecule has 0 saturated carbocycles. The average Bonchev–Trinajstić information content (AvgIpc) is 2.90. The Balaban J connectivity index is 2.12. The van der Waals surface area contributed by atoms with Crippen LogP contribution in [0.1, 0.15) is 27.9 Å². The SMILES string of the molecule is Cc1ccc(C(=O)NC2CCOC2)cc1C#CCO. The van der Waals surface area contributed by atoms with Crippen LogP contribution >= 0.6 is 0 Å². The number of carbonyl (C=O) groups is 1. The molecule has 1 aliphatic rings.